The van der Waals surface area contributed by atoms with Crippen molar-refractivity contribution < 1.29 is 37.3 Å². The highest BCUT2D eigenvalue weighted by molar-refractivity contribution is 7.45. The van der Waals surface area contributed by atoms with Crippen molar-refractivity contribution in [3.63, 3.8) is 0 Å². The van der Waals surface area contributed by atoms with Crippen molar-refractivity contribution in [1.29, 1.82) is 0 Å². The Kier molecular flexibility index (Phi) is 37.5. The molecule has 0 rings (SSSR count). The van der Waals surface area contributed by atoms with Gasteiger partial charge in [0.2, 0.25) is 0 Å². The molecular weight excluding hydrogens is 709 g/mol. The summed E-state index contributed by atoms with van der Waals surface area (Å²) in [5, 5.41) is 0. The van der Waals surface area contributed by atoms with Crippen molar-refractivity contribution in [2.24, 2.45) is 0 Å². The molecule has 0 N–H and O–H groups in total. The number of hydrogen-bond acceptors (Lipinski definition) is 7. The van der Waals surface area contributed by atoms with E-state index in [0.717, 1.165) is 51.4 Å². The molecule has 0 aromatic carbocycles. The van der Waals surface area contributed by atoms with Gasteiger partial charge in [0.05, 0.1) is 34.0 Å². The van der Waals surface area contributed by atoms with E-state index in [1.165, 1.54) is 96.3 Å². The van der Waals surface area contributed by atoms with Gasteiger partial charge in [0.1, 0.15) is 19.8 Å². The average Bonchev–Trinajstić information content (AvgIpc) is 3.13. The van der Waals surface area contributed by atoms with E-state index in [1.807, 2.05) is 27.2 Å². The molecule has 8 nitrogen and oxygen atoms in total. The van der Waals surface area contributed by atoms with Gasteiger partial charge in [0.25, 0.3) is 7.82 Å². The summed E-state index contributed by atoms with van der Waals surface area (Å²) in [5.41, 5.74) is 0. The largest absolute Gasteiger partial charge is 0.756 e. The number of hydrogen-bond donors (Lipinski definition) is 0. The summed E-state index contributed by atoms with van der Waals surface area (Å²) in [6.45, 7) is 4.57. The van der Waals surface area contributed by atoms with Crippen LogP contribution in [0.5, 0.6) is 0 Å². The van der Waals surface area contributed by atoms with Gasteiger partial charge in [0.15, 0.2) is 6.10 Å². The second kappa shape index (κ2) is 38.9. The Hall–Kier alpha value is -1.96. The number of esters is 1. The fourth-order valence-electron chi connectivity index (χ4n) is 5.74. The maximum atomic E-state index is 12.6. The highest BCUT2D eigenvalue weighted by Crippen LogP contribution is 2.38. The van der Waals surface area contributed by atoms with Crippen molar-refractivity contribution in [2.75, 3.05) is 47.5 Å². The Morgan fingerprint density at radius 1 is 0.600 bits per heavy atom. The molecule has 320 valence electrons. The smallest absolute Gasteiger partial charge is 0.306 e. The van der Waals surface area contributed by atoms with Crippen LogP contribution in [0.3, 0.4) is 0 Å². The minimum atomic E-state index is -4.55. The zero-order chi connectivity index (χ0) is 40.6. The third-order valence-electron chi connectivity index (χ3n) is 9.15. The zero-order valence-electron chi connectivity index (χ0n) is 36.1. The number of unbranched alkanes of at least 4 members (excludes halogenated alkanes) is 18. The number of rotatable bonds is 40. The van der Waals surface area contributed by atoms with E-state index in [-0.39, 0.29) is 26.2 Å². The van der Waals surface area contributed by atoms with Crippen LogP contribution in [-0.2, 0) is 27.9 Å². The van der Waals surface area contributed by atoms with E-state index in [1.54, 1.807) is 6.26 Å². The van der Waals surface area contributed by atoms with Crippen molar-refractivity contribution >= 4 is 13.8 Å². The standard InChI is InChI=1S/C46H84NO7P/c1-6-8-10-12-14-16-18-20-22-23-24-26-28-30-32-34-36-38-41-51-43-45(44-53-55(49,50)52-42-40-47(3,4)5)54-46(48)39-37-35-33-31-29-27-25-21-19-17-15-13-11-9-7-2/h9,11,15,17,21,25,29,31,38,41,45H,6-8,10,12-14,16,18-20,22-24,26-28,30,32-37,39-40,42-44H2,1-5H3/b11-9-,17-15-,25-21-,31-29-,41-38-/t45-/m1/s1. The average molecular weight is 794 g/mol. The van der Waals surface area contributed by atoms with Crippen LogP contribution in [0, 0.1) is 0 Å². The molecule has 55 heavy (non-hydrogen) atoms. The Balaban J connectivity index is 4.34. The van der Waals surface area contributed by atoms with E-state index in [2.05, 4.69) is 62.5 Å². The molecule has 0 radical (unpaired) electrons. The lowest BCUT2D eigenvalue weighted by Crippen LogP contribution is -2.37. The van der Waals surface area contributed by atoms with Crippen LogP contribution >= 0.6 is 7.82 Å². The van der Waals surface area contributed by atoms with E-state index in [0.29, 0.717) is 17.4 Å². The first-order chi connectivity index (χ1) is 26.6. The molecule has 0 aliphatic carbocycles. The van der Waals surface area contributed by atoms with Gasteiger partial charge in [-0.2, -0.15) is 0 Å². The fraction of sp³-hybridized carbons (Fsp3) is 0.761. The maximum absolute atomic E-state index is 12.6. The van der Waals surface area contributed by atoms with Crippen LogP contribution in [0.2, 0.25) is 0 Å². The molecule has 0 amide bonds. The van der Waals surface area contributed by atoms with Crippen LogP contribution in [0.15, 0.2) is 60.9 Å². The van der Waals surface area contributed by atoms with Gasteiger partial charge >= 0.3 is 5.97 Å². The molecule has 0 bridgehead atoms. The molecule has 0 fully saturated rings. The fourth-order valence-corrected chi connectivity index (χ4v) is 6.47. The van der Waals surface area contributed by atoms with E-state index in [9.17, 15) is 14.3 Å². The van der Waals surface area contributed by atoms with Crippen LogP contribution in [0.1, 0.15) is 174 Å². The second-order valence-corrected chi connectivity index (χ2v) is 17.2. The first kappa shape index (κ1) is 53.0. The lowest BCUT2D eigenvalue weighted by molar-refractivity contribution is -0.870. The predicted octanol–water partition coefficient (Wildman–Crippen LogP) is 12.7. The molecule has 9 heteroatoms. The molecule has 0 saturated carbocycles. The Morgan fingerprint density at radius 3 is 1.60 bits per heavy atom. The number of phosphoric acid groups is 1. The van der Waals surface area contributed by atoms with Crippen molar-refractivity contribution in [3.05, 3.63) is 60.9 Å². The second-order valence-electron chi connectivity index (χ2n) is 15.7. The molecule has 0 aliphatic rings. The number of carbonyl (C=O) groups excluding carboxylic acids is 1. The lowest BCUT2D eigenvalue weighted by Gasteiger charge is -2.28. The molecule has 0 spiro atoms. The molecular formula is C46H84NO7P. The van der Waals surface area contributed by atoms with Gasteiger partial charge < -0.3 is 27.9 Å². The van der Waals surface area contributed by atoms with Crippen LogP contribution in [0.25, 0.3) is 0 Å². The third kappa shape index (κ3) is 43.0. The molecule has 2 atom stereocenters. The molecule has 0 saturated heterocycles. The Labute approximate surface area is 339 Å². The summed E-state index contributed by atoms with van der Waals surface area (Å²) >= 11 is 0. The number of quaternary nitrogens is 1. The van der Waals surface area contributed by atoms with E-state index >= 15 is 0 Å². The van der Waals surface area contributed by atoms with E-state index in [4.69, 9.17) is 18.5 Å². The summed E-state index contributed by atoms with van der Waals surface area (Å²) in [6, 6.07) is 0. The lowest BCUT2D eigenvalue weighted by atomic mass is 10.0. The van der Waals surface area contributed by atoms with E-state index < -0.39 is 19.9 Å². The number of phosphoric ester groups is 1. The molecule has 0 aliphatic heterocycles. The summed E-state index contributed by atoms with van der Waals surface area (Å²) in [6.07, 6.45) is 49.1. The number of nitrogens with zero attached hydrogens (tertiary/aromatic N) is 1. The van der Waals surface area contributed by atoms with Gasteiger partial charge in [-0.1, -0.05) is 159 Å². The maximum Gasteiger partial charge on any atom is 0.306 e. The van der Waals surface area contributed by atoms with Crippen molar-refractivity contribution in [2.45, 2.75) is 180 Å². The summed E-state index contributed by atoms with van der Waals surface area (Å²) in [4.78, 5) is 25.0. The predicted molar refractivity (Wildman–Crippen MR) is 231 cm³/mol. The zero-order valence-corrected chi connectivity index (χ0v) is 37.0. The summed E-state index contributed by atoms with van der Waals surface area (Å²) < 4.78 is 34.3. The van der Waals surface area contributed by atoms with Crippen LogP contribution in [-0.4, -0.2) is 64.1 Å². The molecule has 0 aromatic rings. The van der Waals surface area contributed by atoms with Gasteiger partial charge in [-0.25, -0.2) is 0 Å². The molecule has 0 aromatic heterocycles. The van der Waals surface area contributed by atoms with Gasteiger partial charge in [-0.3, -0.25) is 9.36 Å². The molecule has 1 unspecified atom stereocenters. The first-order valence-corrected chi connectivity index (χ1v) is 23.5. The number of carbonyl (C=O) groups is 1. The normalized spacial score (nSPS) is 14.3. The van der Waals surface area contributed by atoms with Crippen molar-refractivity contribution in [1.82, 2.24) is 0 Å². The summed E-state index contributed by atoms with van der Waals surface area (Å²) in [7, 11) is 1.29. The van der Waals surface area contributed by atoms with Gasteiger partial charge in [-0.15, -0.1) is 0 Å². The minimum Gasteiger partial charge on any atom is -0.756 e. The molecule has 0 heterocycles. The highest BCUT2D eigenvalue weighted by atomic mass is 31.2. The SMILES string of the molecule is CC/C=C\C/C=C\C/C=C\C/C=C\CCCCC(=O)O[C@H](CO/C=C\CCCCCCCCCCCCCCCCCC)COP(=O)([O-])OCC[N+](C)(C)C. The number of likely N-dealkylation sites (N-methyl/N-ethyl adjacent to an activating group) is 1. The number of allylic oxidation sites excluding steroid dienone is 9. The van der Waals surface area contributed by atoms with Crippen LogP contribution in [0.4, 0.5) is 0 Å². The first-order valence-electron chi connectivity index (χ1n) is 22.1. The van der Waals surface area contributed by atoms with Gasteiger partial charge in [0, 0.05) is 6.42 Å². The van der Waals surface area contributed by atoms with Crippen molar-refractivity contribution in [3.8, 4) is 0 Å². The summed E-state index contributed by atoms with van der Waals surface area (Å²) in [5.74, 6) is -0.397. The van der Waals surface area contributed by atoms with Gasteiger partial charge in [-0.05, 0) is 63.9 Å². The quantitative estimate of drug-likeness (QED) is 0.0152. The Morgan fingerprint density at radius 2 is 1.07 bits per heavy atom. The minimum absolute atomic E-state index is 0.00201. The number of ether oxygens (including phenoxy) is 2. The third-order valence-corrected chi connectivity index (χ3v) is 10.1. The Bertz CT molecular complexity index is 1060. The highest BCUT2D eigenvalue weighted by Gasteiger charge is 2.20. The topological polar surface area (TPSA) is 94.1 Å². The van der Waals surface area contributed by atoms with Crippen LogP contribution < -0.4 is 4.89 Å². The monoisotopic (exact) mass is 794 g/mol.